The smallest absolute Gasteiger partial charge is 0.399 e. The largest absolute Gasteiger partial charge is 0.481 e. The summed E-state index contributed by atoms with van der Waals surface area (Å²) in [7, 11) is 0. The summed E-state index contributed by atoms with van der Waals surface area (Å²) in [5.74, 6) is 4.65. The van der Waals surface area contributed by atoms with Gasteiger partial charge in [0.15, 0.2) is 0 Å². The molecule has 30 heavy (non-hydrogen) atoms. The summed E-state index contributed by atoms with van der Waals surface area (Å²) in [6.07, 6.45) is -5.18. The van der Waals surface area contributed by atoms with E-state index in [0.29, 0.717) is 25.9 Å². The number of nitrogens with zero attached hydrogens (tertiary/aromatic N) is 1. The van der Waals surface area contributed by atoms with Crippen LogP contribution in [0.1, 0.15) is 36.0 Å². The Hall–Kier alpha value is -3.31. The molecule has 0 aliphatic carbocycles. The summed E-state index contributed by atoms with van der Waals surface area (Å²) in [5.41, 5.74) is 9.36. The third-order valence-corrected chi connectivity index (χ3v) is 4.12. The van der Waals surface area contributed by atoms with Gasteiger partial charge in [0.05, 0.1) is 12.2 Å². The average Bonchev–Trinajstić information content (AvgIpc) is 2.66. The van der Waals surface area contributed by atoms with Gasteiger partial charge in [0, 0.05) is 17.5 Å². The van der Waals surface area contributed by atoms with E-state index in [0.717, 1.165) is 22.4 Å². The Bertz CT molecular complexity index is 962. The number of anilines is 1. The van der Waals surface area contributed by atoms with Gasteiger partial charge in [0.25, 0.3) is 0 Å². The molecule has 5 nitrogen and oxygen atoms in total. The first-order valence-electron chi connectivity index (χ1n) is 9.19. The third-order valence-electron chi connectivity index (χ3n) is 4.12. The molecule has 3 rings (SSSR count). The van der Waals surface area contributed by atoms with Crippen molar-refractivity contribution in [2.24, 2.45) is 5.73 Å². The van der Waals surface area contributed by atoms with Crippen LogP contribution < -0.4 is 10.6 Å². The molecule has 0 atom stereocenters. The molecule has 1 aliphatic rings. The second-order valence-electron chi connectivity index (χ2n) is 6.48. The van der Waals surface area contributed by atoms with Gasteiger partial charge in [-0.15, -0.1) is 0 Å². The molecular weight excluding hydrogens is 397 g/mol. The number of rotatable bonds is 4. The number of hydrogen-bond acceptors (Lipinski definition) is 3. The van der Waals surface area contributed by atoms with Crippen molar-refractivity contribution < 1.29 is 27.9 Å². The van der Waals surface area contributed by atoms with Crippen molar-refractivity contribution in [2.75, 3.05) is 11.4 Å². The molecule has 3 N–H and O–H groups in total. The molecule has 0 saturated heterocycles. The number of carbonyl (C=O) groups excluding carboxylic acids is 1. The Labute approximate surface area is 172 Å². The van der Waals surface area contributed by atoms with Gasteiger partial charge in [-0.2, -0.15) is 13.2 Å². The molecule has 2 aromatic carbocycles. The molecule has 8 heteroatoms. The van der Waals surface area contributed by atoms with E-state index in [9.17, 15) is 22.8 Å². The van der Waals surface area contributed by atoms with Crippen LogP contribution in [0, 0.1) is 11.8 Å². The van der Waals surface area contributed by atoms with E-state index >= 15 is 0 Å². The minimum absolute atomic E-state index is 0.0939. The molecule has 0 aromatic heterocycles. The fourth-order valence-electron chi connectivity index (χ4n) is 2.77. The number of carboxylic acids is 1. The summed E-state index contributed by atoms with van der Waals surface area (Å²) in [4.78, 5) is 23.7. The fourth-order valence-corrected chi connectivity index (χ4v) is 2.77. The van der Waals surface area contributed by atoms with Crippen molar-refractivity contribution in [3.63, 3.8) is 0 Å². The summed E-state index contributed by atoms with van der Waals surface area (Å²) in [5, 5.41) is 7.53. The molecule has 0 saturated carbocycles. The zero-order valence-electron chi connectivity index (χ0n) is 16.1. The highest BCUT2D eigenvalue weighted by atomic mass is 19.4. The van der Waals surface area contributed by atoms with Crippen molar-refractivity contribution in [1.29, 1.82) is 0 Å². The highest BCUT2D eigenvalue weighted by molar-refractivity contribution is 5.95. The molecule has 1 amide bonds. The Morgan fingerprint density at radius 1 is 1.03 bits per heavy atom. The molecule has 158 valence electrons. The first-order chi connectivity index (χ1) is 14.2. The maximum atomic E-state index is 12.6. The lowest BCUT2D eigenvalue weighted by atomic mass is 10.0. The van der Waals surface area contributed by atoms with E-state index in [4.69, 9.17) is 10.8 Å². The topological polar surface area (TPSA) is 83.6 Å². The minimum Gasteiger partial charge on any atom is -0.481 e. The highest BCUT2D eigenvalue weighted by Gasteiger charge is 2.30. The molecular formula is C22H21F3N2O3. The lowest BCUT2D eigenvalue weighted by Gasteiger charge is -2.26. The Kier molecular flexibility index (Phi) is 8.01. The van der Waals surface area contributed by atoms with Crippen molar-refractivity contribution in [3.05, 3.63) is 65.2 Å². The lowest BCUT2D eigenvalue weighted by molar-refractivity contribution is -0.166. The number of fused-ring (bicyclic) bond motifs is 2. The number of alkyl halides is 3. The normalized spacial score (nSPS) is 12.1. The van der Waals surface area contributed by atoms with Crippen molar-refractivity contribution in [3.8, 4) is 11.8 Å². The van der Waals surface area contributed by atoms with Gasteiger partial charge >= 0.3 is 12.1 Å². The zero-order chi connectivity index (χ0) is 22.1. The average molecular weight is 418 g/mol. The summed E-state index contributed by atoms with van der Waals surface area (Å²) in [6, 6.07) is 15.8. The Morgan fingerprint density at radius 2 is 1.63 bits per heavy atom. The standard InChI is InChI=1S/C19H18N2O.C3H3F3O2/c20-13-5-10-19(22)21-14-17-8-2-1-6-15(17)11-12-16-7-3-4-9-18(16)21;4-3(5,6)1-2(7)8/h1-4,6-9H,5,10,13-14,20H2;1H2,(H,7,8). The molecule has 0 spiro atoms. The SMILES string of the molecule is NCCCC(=O)N1Cc2ccccc2C#Cc2ccccc21.O=C(O)CC(F)(F)F. The van der Waals surface area contributed by atoms with Crippen LogP contribution >= 0.6 is 0 Å². The van der Waals surface area contributed by atoms with Crippen molar-refractivity contribution in [2.45, 2.75) is 32.0 Å². The van der Waals surface area contributed by atoms with Gasteiger partial charge in [0.2, 0.25) is 5.91 Å². The minimum atomic E-state index is -4.58. The van der Waals surface area contributed by atoms with Gasteiger partial charge in [-0.1, -0.05) is 42.2 Å². The predicted octanol–water partition coefficient (Wildman–Crippen LogP) is 3.70. The number of halogens is 3. The van der Waals surface area contributed by atoms with Crippen LogP contribution in [-0.2, 0) is 16.1 Å². The van der Waals surface area contributed by atoms with Crippen molar-refractivity contribution in [1.82, 2.24) is 0 Å². The number of benzene rings is 2. The van der Waals surface area contributed by atoms with E-state index in [-0.39, 0.29) is 5.91 Å². The Morgan fingerprint density at radius 3 is 2.23 bits per heavy atom. The van der Waals surface area contributed by atoms with E-state index in [1.165, 1.54) is 0 Å². The van der Waals surface area contributed by atoms with E-state index in [1.54, 1.807) is 0 Å². The van der Waals surface area contributed by atoms with Crippen LogP contribution in [0.2, 0.25) is 0 Å². The van der Waals surface area contributed by atoms with E-state index in [2.05, 4.69) is 11.8 Å². The van der Waals surface area contributed by atoms with Gasteiger partial charge in [0.1, 0.15) is 6.42 Å². The number of hydrogen-bond donors (Lipinski definition) is 2. The zero-order valence-corrected chi connectivity index (χ0v) is 16.1. The number of carbonyl (C=O) groups is 2. The summed E-state index contributed by atoms with van der Waals surface area (Å²) >= 11 is 0. The Balaban J connectivity index is 0.000000343. The van der Waals surface area contributed by atoms with Crippen LogP contribution in [-0.4, -0.2) is 29.7 Å². The summed E-state index contributed by atoms with van der Waals surface area (Å²) < 4.78 is 32.8. The second-order valence-corrected chi connectivity index (χ2v) is 6.48. The van der Waals surface area contributed by atoms with Gasteiger partial charge in [-0.05, 0) is 36.7 Å². The number of aliphatic carboxylic acids is 1. The summed E-state index contributed by atoms with van der Waals surface area (Å²) in [6.45, 7) is 1.07. The molecule has 1 heterocycles. The number of para-hydroxylation sites is 1. The maximum Gasteiger partial charge on any atom is 0.399 e. The quantitative estimate of drug-likeness (QED) is 0.742. The predicted molar refractivity (Wildman–Crippen MR) is 107 cm³/mol. The van der Waals surface area contributed by atoms with Crippen molar-refractivity contribution >= 4 is 17.6 Å². The fraction of sp³-hybridized carbons (Fsp3) is 0.273. The highest BCUT2D eigenvalue weighted by Crippen LogP contribution is 2.26. The van der Waals surface area contributed by atoms with E-state index in [1.807, 2.05) is 53.4 Å². The second kappa shape index (κ2) is 10.5. The monoisotopic (exact) mass is 418 g/mol. The van der Waals surface area contributed by atoms with E-state index < -0.39 is 18.6 Å². The molecule has 0 radical (unpaired) electrons. The first kappa shape index (κ1) is 23.0. The number of amides is 1. The van der Waals surface area contributed by atoms with Gasteiger partial charge in [-0.25, -0.2) is 0 Å². The first-order valence-corrected chi connectivity index (χ1v) is 9.19. The molecule has 2 aromatic rings. The van der Waals surface area contributed by atoms with Crippen LogP contribution in [0.4, 0.5) is 18.9 Å². The van der Waals surface area contributed by atoms with Crippen LogP contribution in [0.15, 0.2) is 48.5 Å². The number of nitrogens with two attached hydrogens (primary N) is 1. The number of carboxylic acid groups (broad SMARTS) is 1. The molecule has 0 unspecified atom stereocenters. The maximum absolute atomic E-state index is 12.6. The van der Waals surface area contributed by atoms with Crippen LogP contribution in [0.3, 0.4) is 0 Å². The van der Waals surface area contributed by atoms with Crippen LogP contribution in [0.25, 0.3) is 0 Å². The molecule has 0 fully saturated rings. The van der Waals surface area contributed by atoms with Crippen LogP contribution in [0.5, 0.6) is 0 Å². The molecule has 0 bridgehead atoms. The molecule has 1 aliphatic heterocycles. The van der Waals surface area contributed by atoms with Gasteiger partial charge < -0.3 is 15.7 Å². The third kappa shape index (κ3) is 6.94. The lowest BCUT2D eigenvalue weighted by Crippen LogP contribution is -2.32. The van der Waals surface area contributed by atoms with Gasteiger partial charge in [-0.3, -0.25) is 9.59 Å².